The number of ether oxygens (including phenoxy) is 5. The smallest absolute Gasteiger partial charge is 0.214 e. The van der Waals surface area contributed by atoms with Crippen LogP contribution in [0.2, 0.25) is 5.02 Å². The lowest BCUT2D eigenvalue weighted by molar-refractivity contribution is 0.229. The highest BCUT2D eigenvalue weighted by Gasteiger charge is 2.21. The Kier molecular flexibility index (Phi) is 9.44. The summed E-state index contributed by atoms with van der Waals surface area (Å²) in [5.41, 5.74) is 6.42. The van der Waals surface area contributed by atoms with Crippen molar-refractivity contribution in [3.8, 4) is 79.1 Å². The molecule has 0 spiro atoms. The molecule has 0 unspecified atom stereocenters. The van der Waals surface area contributed by atoms with Gasteiger partial charge in [0.05, 0.1) is 39.5 Å². The van der Waals surface area contributed by atoms with Crippen molar-refractivity contribution in [1.29, 1.82) is 0 Å². The van der Waals surface area contributed by atoms with Gasteiger partial charge in [-0.3, -0.25) is 4.57 Å². The highest BCUT2D eigenvalue weighted by molar-refractivity contribution is 7.08. The van der Waals surface area contributed by atoms with Crippen molar-refractivity contribution in [3.05, 3.63) is 120 Å². The molecule has 0 atom stereocenters. The van der Waals surface area contributed by atoms with Crippen molar-refractivity contribution in [2.24, 2.45) is 0 Å². The Morgan fingerprint density at radius 1 is 0.649 bits per heavy atom. The van der Waals surface area contributed by atoms with E-state index in [0.29, 0.717) is 68.1 Å². The Hall–Kier alpha value is -6.83. The summed E-state index contributed by atoms with van der Waals surface area (Å²) in [5.74, 6) is 4.28. The minimum Gasteiger partial charge on any atom is -0.497 e. The van der Waals surface area contributed by atoms with Gasteiger partial charge >= 0.3 is 0 Å². The fourth-order valence-corrected chi connectivity index (χ4v) is 7.58. The van der Waals surface area contributed by atoms with Crippen LogP contribution in [0.1, 0.15) is 5.76 Å². The Labute approximate surface area is 334 Å². The quantitative estimate of drug-likeness (QED) is 0.117. The van der Waals surface area contributed by atoms with Crippen molar-refractivity contribution in [3.63, 3.8) is 0 Å². The van der Waals surface area contributed by atoms with Crippen molar-refractivity contribution in [1.82, 2.24) is 24.2 Å². The molecule has 0 fully saturated rings. The summed E-state index contributed by atoms with van der Waals surface area (Å²) < 4.78 is 46.9. The van der Waals surface area contributed by atoms with Crippen LogP contribution < -0.4 is 23.7 Å². The van der Waals surface area contributed by atoms with Crippen LogP contribution in [0.3, 0.4) is 0 Å². The standard InChI is InChI=1S/C43H32ClN5O7S/c1-50-28-14-15-31(38(21-28)51-2)34-20-29(55-47-34)23-54-41-39(52-3)18-26(19-40(41)53-4)33-22-37(56-46-33)25-11-16-36-32(17-25)30-7-5-6-8-35(30)49(36)43-45-42(48-57-43)24-9-12-27(44)13-10-24/h5-22H,23H2,1-4H3. The first-order valence-electron chi connectivity index (χ1n) is 17.6. The van der Waals surface area contributed by atoms with Crippen LogP contribution in [-0.2, 0) is 6.61 Å². The number of aromatic nitrogens is 5. The van der Waals surface area contributed by atoms with Crippen LogP contribution >= 0.6 is 23.1 Å². The highest BCUT2D eigenvalue weighted by atomic mass is 35.5. The zero-order valence-electron chi connectivity index (χ0n) is 31.0. The fourth-order valence-electron chi connectivity index (χ4n) is 6.73. The summed E-state index contributed by atoms with van der Waals surface area (Å²) in [6.07, 6.45) is 0. The molecule has 0 N–H and O–H groups in total. The molecule has 0 radical (unpaired) electrons. The van der Waals surface area contributed by atoms with E-state index < -0.39 is 0 Å². The first-order valence-corrected chi connectivity index (χ1v) is 18.8. The van der Waals surface area contributed by atoms with Crippen LogP contribution in [-0.4, -0.2) is 52.7 Å². The normalized spacial score (nSPS) is 11.3. The summed E-state index contributed by atoms with van der Waals surface area (Å²) in [7, 11) is 6.32. The third-order valence-corrected chi connectivity index (χ3v) is 10.5. The molecule has 0 amide bonds. The second-order valence-corrected chi connectivity index (χ2v) is 14.0. The van der Waals surface area contributed by atoms with Gasteiger partial charge in [-0.2, -0.15) is 9.36 Å². The van der Waals surface area contributed by atoms with Crippen LogP contribution in [0.5, 0.6) is 28.7 Å². The fraction of sp³-hybridized carbons (Fsp3) is 0.116. The SMILES string of the molecule is COc1ccc(-c2cc(COc3c(OC)cc(-c4cc(-c5ccc6c(c5)c5ccccc5n6-c5nc(-c6ccc(Cl)cc6)ns5)on4)cc3OC)on2)c(OC)c1. The minimum absolute atomic E-state index is 0.0626. The summed E-state index contributed by atoms with van der Waals surface area (Å²) in [5, 5.41) is 12.2. The van der Waals surface area contributed by atoms with E-state index in [4.69, 9.17) is 49.3 Å². The zero-order valence-corrected chi connectivity index (χ0v) is 32.6. The molecular weight excluding hydrogens is 766 g/mol. The molecule has 9 aromatic rings. The predicted octanol–water partition coefficient (Wildman–Crippen LogP) is 10.5. The molecule has 0 saturated carbocycles. The largest absolute Gasteiger partial charge is 0.497 e. The van der Waals surface area contributed by atoms with E-state index in [1.165, 1.54) is 11.5 Å². The Balaban J connectivity index is 0.987. The average molecular weight is 798 g/mol. The first kappa shape index (κ1) is 35.8. The van der Waals surface area contributed by atoms with Gasteiger partial charge in [0.2, 0.25) is 10.9 Å². The lowest BCUT2D eigenvalue weighted by Gasteiger charge is -2.14. The van der Waals surface area contributed by atoms with Gasteiger partial charge in [-0.15, -0.1) is 0 Å². The second-order valence-electron chi connectivity index (χ2n) is 12.8. The van der Waals surface area contributed by atoms with Gasteiger partial charge in [-0.05, 0) is 72.8 Å². The molecule has 4 heterocycles. The van der Waals surface area contributed by atoms with Gasteiger partial charge in [0.25, 0.3) is 0 Å². The second kappa shape index (κ2) is 15.0. The number of methoxy groups -OCH3 is 4. The lowest BCUT2D eigenvalue weighted by atomic mass is 10.1. The monoisotopic (exact) mass is 797 g/mol. The molecule has 14 heteroatoms. The summed E-state index contributed by atoms with van der Waals surface area (Å²) in [4.78, 5) is 4.91. The third kappa shape index (κ3) is 6.66. The molecule has 0 bridgehead atoms. The molecule has 5 aromatic carbocycles. The van der Waals surface area contributed by atoms with Crippen LogP contribution in [0.25, 0.3) is 72.2 Å². The van der Waals surface area contributed by atoms with Crippen molar-refractivity contribution >= 4 is 44.9 Å². The van der Waals surface area contributed by atoms with Crippen LogP contribution in [0.4, 0.5) is 0 Å². The van der Waals surface area contributed by atoms with Crippen molar-refractivity contribution < 1.29 is 32.7 Å². The topological polar surface area (TPSA) is 129 Å². The Morgan fingerprint density at radius 2 is 1.39 bits per heavy atom. The van der Waals surface area contributed by atoms with E-state index in [0.717, 1.165) is 43.6 Å². The summed E-state index contributed by atoms with van der Waals surface area (Å²) in [6, 6.07) is 34.8. The van der Waals surface area contributed by atoms with E-state index in [2.05, 4.69) is 43.5 Å². The lowest BCUT2D eigenvalue weighted by Crippen LogP contribution is -2.00. The first-order chi connectivity index (χ1) is 27.9. The van der Waals surface area contributed by atoms with E-state index in [1.54, 1.807) is 40.6 Å². The number of rotatable bonds is 12. The number of fused-ring (bicyclic) bond motifs is 3. The molecular formula is C43H32ClN5O7S. The molecule has 12 nitrogen and oxygen atoms in total. The summed E-state index contributed by atoms with van der Waals surface area (Å²) in [6.45, 7) is 0.0626. The van der Waals surface area contributed by atoms with Gasteiger partial charge in [-0.1, -0.05) is 40.1 Å². The van der Waals surface area contributed by atoms with Gasteiger partial charge in [0.1, 0.15) is 29.5 Å². The molecule has 284 valence electrons. The van der Waals surface area contributed by atoms with Gasteiger partial charge < -0.3 is 32.7 Å². The minimum atomic E-state index is 0.0626. The summed E-state index contributed by atoms with van der Waals surface area (Å²) >= 11 is 7.46. The van der Waals surface area contributed by atoms with Crippen LogP contribution in [0.15, 0.2) is 118 Å². The third-order valence-electron chi connectivity index (χ3n) is 9.54. The van der Waals surface area contributed by atoms with E-state index >= 15 is 0 Å². The van der Waals surface area contributed by atoms with Gasteiger partial charge in [-0.25, -0.2) is 0 Å². The number of hydrogen-bond donors (Lipinski definition) is 0. The maximum Gasteiger partial charge on any atom is 0.214 e. The maximum atomic E-state index is 6.19. The number of halogens is 1. The number of para-hydroxylation sites is 1. The van der Waals surface area contributed by atoms with E-state index in [1.807, 2.05) is 72.8 Å². The molecule has 57 heavy (non-hydrogen) atoms. The Morgan fingerprint density at radius 3 is 2.16 bits per heavy atom. The van der Waals surface area contributed by atoms with Crippen molar-refractivity contribution in [2.45, 2.75) is 6.61 Å². The average Bonchev–Trinajstić information content (AvgIpc) is 4.09. The van der Waals surface area contributed by atoms with Gasteiger partial charge in [0.15, 0.2) is 28.8 Å². The number of hydrogen-bond acceptors (Lipinski definition) is 12. The molecule has 9 rings (SSSR count). The van der Waals surface area contributed by atoms with E-state index in [-0.39, 0.29) is 6.61 Å². The maximum absolute atomic E-state index is 6.19. The zero-order chi connectivity index (χ0) is 39.0. The highest BCUT2D eigenvalue weighted by Crippen LogP contribution is 2.43. The van der Waals surface area contributed by atoms with Gasteiger partial charge in [0, 0.05) is 67.8 Å². The van der Waals surface area contributed by atoms with E-state index in [9.17, 15) is 0 Å². The molecule has 0 aliphatic heterocycles. The molecule has 0 aliphatic rings. The predicted molar refractivity (Wildman–Crippen MR) is 218 cm³/mol. The number of nitrogens with zero attached hydrogens (tertiary/aromatic N) is 5. The molecule has 0 aliphatic carbocycles. The Bertz CT molecular complexity index is 2870. The van der Waals surface area contributed by atoms with Crippen LogP contribution in [0, 0.1) is 0 Å². The molecule has 0 saturated heterocycles. The molecule has 4 aromatic heterocycles. The number of benzene rings is 5. The van der Waals surface area contributed by atoms with Crippen molar-refractivity contribution in [2.75, 3.05) is 28.4 Å².